The van der Waals surface area contributed by atoms with E-state index in [1.54, 1.807) is 12.4 Å². The highest BCUT2D eigenvalue weighted by molar-refractivity contribution is 5.77. The van der Waals surface area contributed by atoms with Crippen molar-refractivity contribution in [2.75, 3.05) is 6.54 Å². The van der Waals surface area contributed by atoms with Crippen molar-refractivity contribution < 1.29 is 9.21 Å². The Bertz CT molecular complexity index is 709. The number of carbonyl (C=O) groups excluding carboxylic acids is 1. The van der Waals surface area contributed by atoms with Crippen LogP contribution in [-0.2, 0) is 11.2 Å². The normalized spacial score (nSPS) is 25.9. The van der Waals surface area contributed by atoms with Crippen molar-refractivity contribution in [1.29, 1.82) is 0 Å². The fourth-order valence-corrected chi connectivity index (χ4v) is 3.82. The minimum atomic E-state index is 0.208. The Hall–Kier alpha value is -2.10. The van der Waals surface area contributed by atoms with E-state index in [1.807, 2.05) is 23.1 Å². The van der Waals surface area contributed by atoms with Crippen LogP contribution < -0.4 is 0 Å². The van der Waals surface area contributed by atoms with Gasteiger partial charge in [-0.05, 0) is 55.0 Å². The van der Waals surface area contributed by atoms with E-state index in [1.165, 1.54) is 12.0 Å². The van der Waals surface area contributed by atoms with E-state index in [2.05, 4.69) is 18.0 Å². The predicted octanol–water partition coefficient (Wildman–Crippen LogP) is 4.09. The summed E-state index contributed by atoms with van der Waals surface area (Å²) in [6.07, 6.45) is 8.17. The van der Waals surface area contributed by atoms with Crippen LogP contribution in [0.15, 0.2) is 41.1 Å². The van der Waals surface area contributed by atoms with Gasteiger partial charge in [0.15, 0.2) is 0 Å². The number of hydrogen-bond donors (Lipinski definition) is 0. The molecule has 1 aliphatic heterocycles. The predicted molar refractivity (Wildman–Crippen MR) is 91.5 cm³/mol. The molecule has 3 atom stereocenters. The summed E-state index contributed by atoms with van der Waals surface area (Å²) in [7, 11) is 0. The van der Waals surface area contributed by atoms with Crippen LogP contribution in [0.3, 0.4) is 0 Å². The Balaban J connectivity index is 1.36. The molecule has 0 bridgehead atoms. The number of nitrogens with zero attached hydrogens (tertiary/aromatic N) is 2. The summed E-state index contributed by atoms with van der Waals surface area (Å²) >= 11 is 0. The lowest BCUT2D eigenvalue weighted by Crippen LogP contribution is -2.30. The number of likely N-dealkylation sites (tertiary alicyclic amines) is 1. The minimum Gasteiger partial charge on any atom is -0.466 e. The van der Waals surface area contributed by atoms with Gasteiger partial charge in [0.1, 0.15) is 11.5 Å². The van der Waals surface area contributed by atoms with Crippen LogP contribution in [0.2, 0.25) is 0 Å². The molecular weight excluding hydrogens is 300 g/mol. The first-order valence-electron chi connectivity index (χ1n) is 9.00. The standard InChI is InChI=1S/C20H24N2O2/c1-14-13-17(14)19-6-4-16(24-19)5-7-20(23)22-12-2-3-18(22)15-8-10-21-11-9-15/h4,6,8-11,14,17-18H,2-3,5,7,12-13H2,1H3/t14-,17+,18-/m1/s1. The first-order valence-corrected chi connectivity index (χ1v) is 9.00. The smallest absolute Gasteiger partial charge is 0.223 e. The molecule has 2 fully saturated rings. The summed E-state index contributed by atoms with van der Waals surface area (Å²) in [6, 6.07) is 8.37. The zero-order chi connectivity index (χ0) is 16.5. The molecule has 126 valence electrons. The van der Waals surface area contributed by atoms with Crippen LogP contribution in [0.1, 0.15) is 61.7 Å². The first-order chi connectivity index (χ1) is 11.7. The van der Waals surface area contributed by atoms with Crippen molar-refractivity contribution in [3.63, 3.8) is 0 Å². The average Bonchev–Trinajstić information content (AvgIpc) is 3.05. The number of carbonyl (C=O) groups is 1. The van der Waals surface area contributed by atoms with Gasteiger partial charge in [-0.2, -0.15) is 0 Å². The maximum Gasteiger partial charge on any atom is 0.223 e. The van der Waals surface area contributed by atoms with Crippen molar-refractivity contribution in [2.45, 2.75) is 51.0 Å². The van der Waals surface area contributed by atoms with Crippen LogP contribution in [0, 0.1) is 5.92 Å². The third-order valence-corrected chi connectivity index (χ3v) is 5.41. The number of furan rings is 1. The molecule has 2 aromatic heterocycles. The van der Waals surface area contributed by atoms with Crippen LogP contribution in [0.4, 0.5) is 0 Å². The molecule has 24 heavy (non-hydrogen) atoms. The molecule has 4 nitrogen and oxygen atoms in total. The maximum atomic E-state index is 12.7. The summed E-state index contributed by atoms with van der Waals surface area (Å²) < 4.78 is 5.92. The third kappa shape index (κ3) is 3.10. The molecule has 0 radical (unpaired) electrons. The monoisotopic (exact) mass is 324 g/mol. The van der Waals surface area contributed by atoms with E-state index in [0.29, 0.717) is 18.8 Å². The van der Waals surface area contributed by atoms with E-state index >= 15 is 0 Å². The summed E-state index contributed by atoms with van der Waals surface area (Å²) in [6.45, 7) is 3.11. The molecule has 0 spiro atoms. The van der Waals surface area contributed by atoms with Gasteiger partial charge in [-0.25, -0.2) is 0 Å². The average molecular weight is 324 g/mol. The van der Waals surface area contributed by atoms with Gasteiger partial charge in [0, 0.05) is 37.7 Å². The van der Waals surface area contributed by atoms with Gasteiger partial charge in [-0.1, -0.05) is 6.92 Å². The highest BCUT2D eigenvalue weighted by Crippen LogP contribution is 2.47. The number of hydrogen-bond acceptors (Lipinski definition) is 3. The number of aryl methyl sites for hydroxylation is 1. The van der Waals surface area contributed by atoms with Crippen molar-refractivity contribution in [3.05, 3.63) is 53.7 Å². The largest absolute Gasteiger partial charge is 0.466 e. The molecule has 1 saturated carbocycles. The van der Waals surface area contributed by atoms with Gasteiger partial charge in [-0.15, -0.1) is 0 Å². The van der Waals surface area contributed by atoms with Crippen molar-refractivity contribution in [1.82, 2.24) is 9.88 Å². The number of aromatic nitrogens is 1. The van der Waals surface area contributed by atoms with Crippen LogP contribution in [0.5, 0.6) is 0 Å². The summed E-state index contributed by atoms with van der Waals surface area (Å²) in [5, 5.41) is 0. The number of rotatable bonds is 5. The fourth-order valence-electron chi connectivity index (χ4n) is 3.82. The quantitative estimate of drug-likeness (QED) is 0.832. The van der Waals surface area contributed by atoms with E-state index in [0.717, 1.165) is 36.8 Å². The van der Waals surface area contributed by atoms with Gasteiger partial charge in [-0.3, -0.25) is 9.78 Å². The van der Waals surface area contributed by atoms with E-state index < -0.39 is 0 Å². The second-order valence-electron chi connectivity index (χ2n) is 7.15. The van der Waals surface area contributed by atoms with Crippen molar-refractivity contribution in [3.8, 4) is 0 Å². The van der Waals surface area contributed by atoms with Gasteiger partial charge in [0.05, 0.1) is 6.04 Å². The second-order valence-corrected chi connectivity index (χ2v) is 7.15. The zero-order valence-electron chi connectivity index (χ0n) is 14.1. The molecule has 2 aromatic rings. The molecule has 4 heteroatoms. The molecule has 1 saturated heterocycles. The molecule has 0 N–H and O–H groups in total. The van der Waals surface area contributed by atoms with Gasteiger partial charge >= 0.3 is 0 Å². The van der Waals surface area contributed by atoms with E-state index in [4.69, 9.17) is 4.42 Å². The van der Waals surface area contributed by atoms with Gasteiger partial charge in [0.25, 0.3) is 0 Å². The third-order valence-electron chi connectivity index (χ3n) is 5.41. The van der Waals surface area contributed by atoms with Crippen LogP contribution >= 0.6 is 0 Å². The van der Waals surface area contributed by atoms with E-state index in [-0.39, 0.29) is 11.9 Å². The Kier molecular flexibility index (Phi) is 4.13. The van der Waals surface area contributed by atoms with Gasteiger partial charge < -0.3 is 9.32 Å². The molecule has 0 aromatic carbocycles. The van der Waals surface area contributed by atoms with Gasteiger partial charge in [0.2, 0.25) is 5.91 Å². The SMILES string of the molecule is C[C@@H]1C[C@@H]1c1ccc(CCC(=O)N2CCC[C@@H]2c2ccncc2)o1. The van der Waals surface area contributed by atoms with Crippen molar-refractivity contribution in [2.24, 2.45) is 5.92 Å². The summed E-state index contributed by atoms with van der Waals surface area (Å²) in [4.78, 5) is 18.8. The molecule has 4 rings (SSSR count). The first kappa shape index (κ1) is 15.4. The molecule has 3 heterocycles. The zero-order valence-corrected chi connectivity index (χ0v) is 14.1. The molecule has 1 aliphatic carbocycles. The lowest BCUT2D eigenvalue weighted by molar-refractivity contribution is -0.132. The second kappa shape index (κ2) is 6.42. The topological polar surface area (TPSA) is 46.3 Å². The Morgan fingerprint density at radius 3 is 2.83 bits per heavy atom. The lowest BCUT2D eigenvalue weighted by Gasteiger charge is -2.25. The van der Waals surface area contributed by atoms with E-state index in [9.17, 15) is 4.79 Å². The number of amides is 1. The molecular formula is C20H24N2O2. The van der Waals surface area contributed by atoms with Crippen LogP contribution in [0.25, 0.3) is 0 Å². The Morgan fingerprint density at radius 2 is 2.08 bits per heavy atom. The summed E-state index contributed by atoms with van der Waals surface area (Å²) in [5.74, 6) is 3.62. The Morgan fingerprint density at radius 1 is 1.29 bits per heavy atom. The minimum absolute atomic E-state index is 0.208. The summed E-state index contributed by atoms with van der Waals surface area (Å²) in [5.41, 5.74) is 1.19. The Labute approximate surface area is 142 Å². The highest BCUT2D eigenvalue weighted by atomic mass is 16.3. The van der Waals surface area contributed by atoms with Crippen LogP contribution in [-0.4, -0.2) is 22.3 Å². The molecule has 1 amide bonds. The van der Waals surface area contributed by atoms with Crippen molar-refractivity contribution >= 4 is 5.91 Å². The molecule has 2 aliphatic rings. The maximum absolute atomic E-state index is 12.7. The lowest BCUT2D eigenvalue weighted by atomic mass is 10.1. The molecule has 0 unspecified atom stereocenters. The fraction of sp³-hybridized carbons (Fsp3) is 0.500. The highest BCUT2D eigenvalue weighted by Gasteiger charge is 2.36. The number of pyridine rings is 1.